The van der Waals surface area contributed by atoms with Gasteiger partial charge in [-0.05, 0) is 13.8 Å². The highest BCUT2D eigenvalue weighted by molar-refractivity contribution is 8.01. The number of aliphatic hydroxyl groups excluding tert-OH is 1. The van der Waals surface area contributed by atoms with Gasteiger partial charge in [0.2, 0.25) is 0 Å². The van der Waals surface area contributed by atoms with Crippen molar-refractivity contribution in [3.05, 3.63) is 11.8 Å². The molecule has 0 saturated carbocycles. The predicted molar refractivity (Wildman–Crippen MR) is 42.3 cm³/mol. The van der Waals surface area contributed by atoms with E-state index in [1.165, 1.54) is 17.8 Å². The van der Waals surface area contributed by atoms with Crippen LogP contribution in [0.4, 0.5) is 0 Å². The highest BCUT2D eigenvalue weighted by Gasteiger charge is 2.28. The summed E-state index contributed by atoms with van der Waals surface area (Å²) in [6.07, 6.45) is 1.32. The molecule has 0 aromatic heterocycles. The number of thioether (sulfide) groups is 1. The fourth-order valence-corrected chi connectivity index (χ4v) is 1.49. The Morgan fingerprint density at radius 3 is 2.70 bits per heavy atom. The van der Waals surface area contributed by atoms with Crippen LogP contribution < -0.4 is 0 Å². The molecule has 3 heteroatoms. The molecule has 0 fully saturated rings. The van der Waals surface area contributed by atoms with Crippen molar-refractivity contribution in [1.82, 2.24) is 0 Å². The van der Waals surface area contributed by atoms with Crippen LogP contribution in [-0.2, 0) is 4.79 Å². The molecular weight excluding hydrogens is 148 g/mol. The van der Waals surface area contributed by atoms with Crippen molar-refractivity contribution < 1.29 is 9.90 Å². The van der Waals surface area contributed by atoms with Gasteiger partial charge in [-0.1, -0.05) is 0 Å². The summed E-state index contributed by atoms with van der Waals surface area (Å²) in [6.45, 7) is 3.80. The highest BCUT2D eigenvalue weighted by Crippen LogP contribution is 2.33. The van der Waals surface area contributed by atoms with Crippen LogP contribution in [-0.4, -0.2) is 21.4 Å². The fourth-order valence-electron chi connectivity index (χ4n) is 0.693. The summed E-state index contributed by atoms with van der Waals surface area (Å²) in [6, 6.07) is 0. The van der Waals surface area contributed by atoms with Crippen molar-refractivity contribution in [2.24, 2.45) is 0 Å². The standard InChI is InChI=1S/C7H10O2S/c1-7(2)6(9)3-5(8)4-10-7/h3,9H,4H2,1-2H3. The Bertz CT molecular complexity index is 194. The molecule has 0 atom stereocenters. The summed E-state index contributed by atoms with van der Waals surface area (Å²) in [5.41, 5.74) is 0. The van der Waals surface area contributed by atoms with Gasteiger partial charge in [-0.3, -0.25) is 4.79 Å². The van der Waals surface area contributed by atoms with E-state index in [2.05, 4.69) is 0 Å². The molecule has 0 unspecified atom stereocenters. The van der Waals surface area contributed by atoms with E-state index in [1.54, 1.807) is 0 Å². The number of hydrogen-bond acceptors (Lipinski definition) is 3. The van der Waals surface area contributed by atoms with E-state index in [0.717, 1.165) is 0 Å². The SMILES string of the molecule is CC1(C)SCC(=O)C=C1O. The smallest absolute Gasteiger partial charge is 0.168 e. The molecule has 0 spiro atoms. The number of carbonyl (C=O) groups is 1. The number of aliphatic hydroxyl groups is 1. The first kappa shape index (κ1) is 7.66. The number of ketones is 1. The van der Waals surface area contributed by atoms with Gasteiger partial charge >= 0.3 is 0 Å². The van der Waals surface area contributed by atoms with Crippen LogP contribution in [0.25, 0.3) is 0 Å². The average Bonchev–Trinajstić information content (AvgIpc) is 1.81. The Kier molecular flexibility index (Phi) is 1.77. The summed E-state index contributed by atoms with van der Waals surface area (Å²) >= 11 is 1.47. The van der Waals surface area contributed by atoms with Gasteiger partial charge in [0.25, 0.3) is 0 Å². The lowest BCUT2D eigenvalue weighted by Crippen LogP contribution is -2.25. The van der Waals surface area contributed by atoms with Gasteiger partial charge in [0, 0.05) is 6.08 Å². The van der Waals surface area contributed by atoms with Crippen LogP contribution in [0.15, 0.2) is 11.8 Å². The predicted octanol–water partition coefficient (Wildman–Crippen LogP) is 1.52. The van der Waals surface area contributed by atoms with E-state index in [1.807, 2.05) is 13.8 Å². The van der Waals surface area contributed by atoms with Crippen LogP contribution in [0.2, 0.25) is 0 Å². The normalized spacial score (nSPS) is 24.2. The number of carbonyl (C=O) groups excluding carboxylic acids is 1. The van der Waals surface area contributed by atoms with Crippen molar-refractivity contribution in [3.8, 4) is 0 Å². The largest absolute Gasteiger partial charge is 0.511 e. The van der Waals surface area contributed by atoms with Gasteiger partial charge in [-0.25, -0.2) is 0 Å². The van der Waals surface area contributed by atoms with Gasteiger partial charge in [-0.2, -0.15) is 0 Å². The maximum Gasteiger partial charge on any atom is 0.168 e. The maximum absolute atomic E-state index is 10.7. The minimum Gasteiger partial charge on any atom is -0.511 e. The van der Waals surface area contributed by atoms with E-state index in [9.17, 15) is 9.90 Å². The van der Waals surface area contributed by atoms with Gasteiger partial charge < -0.3 is 5.11 Å². The second-order valence-corrected chi connectivity index (χ2v) is 4.39. The lowest BCUT2D eigenvalue weighted by atomic mass is 10.1. The monoisotopic (exact) mass is 158 g/mol. The first-order valence-electron chi connectivity index (χ1n) is 3.10. The minimum absolute atomic E-state index is 0.00169. The van der Waals surface area contributed by atoms with E-state index in [0.29, 0.717) is 5.75 Å². The molecule has 56 valence electrons. The highest BCUT2D eigenvalue weighted by atomic mass is 32.2. The van der Waals surface area contributed by atoms with Crippen LogP contribution in [0.5, 0.6) is 0 Å². The molecule has 1 aliphatic heterocycles. The molecule has 1 aliphatic rings. The first-order chi connectivity index (χ1) is 4.52. The molecule has 10 heavy (non-hydrogen) atoms. The van der Waals surface area contributed by atoms with E-state index < -0.39 is 0 Å². The molecule has 0 radical (unpaired) electrons. The van der Waals surface area contributed by atoms with Crippen molar-refractivity contribution in [3.63, 3.8) is 0 Å². The molecule has 0 bridgehead atoms. The van der Waals surface area contributed by atoms with Crippen molar-refractivity contribution in [1.29, 1.82) is 0 Å². The van der Waals surface area contributed by atoms with Crippen molar-refractivity contribution >= 4 is 17.5 Å². The summed E-state index contributed by atoms with van der Waals surface area (Å²) in [5, 5.41) is 9.23. The van der Waals surface area contributed by atoms with Gasteiger partial charge in [0.15, 0.2) is 5.78 Å². The molecule has 0 saturated heterocycles. The van der Waals surface area contributed by atoms with Gasteiger partial charge in [-0.15, -0.1) is 11.8 Å². The Labute approximate surface area is 64.3 Å². The molecule has 2 nitrogen and oxygen atoms in total. The molecule has 1 rings (SSSR count). The molecule has 1 N–H and O–H groups in total. The molecule has 0 amide bonds. The Morgan fingerprint density at radius 1 is 1.70 bits per heavy atom. The summed E-state index contributed by atoms with van der Waals surface area (Å²) in [4.78, 5) is 10.7. The Morgan fingerprint density at radius 2 is 2.30 bits per heavy atom. The van der Waals surface area contributed by atoms with Crippen LogP contribution in [0.3, 0.4) is 0 Å². The first-order valence-corrected chi connectivity index (χ1v) is 4.09. The second-order valence-electron chi connectivity index (χ2n) is 2.79. The Hall–Kier alpha value is -0.440. The fraction of sp³-hybridized carbons (Fsp3) is 0.571. The summed E-state index contributed by atoms with van der Waals surface area (Å²) in [7, 11) is 0. The topological polar surface area (TPSA) is 37.3 Å². The lowest BCUT2D eigenvalue weighted by molar-refractivity contribution is -0.112. The lowest BCUT2D eigenvalue weighted by Gasteiger charge is -2.25. The zero-order valence-electron chi connectivity index (χ0n) is 6.05. The van der Waals surface area contributed by atoms with E-state index in [-0.39, 0.29) is 16.3 Å². The third-order valence-electron chi connectivity index (χ3n) is 1.49. The van der Waals surface area contributed by atoms with Gasteiger partial charge in [0.05, 0.1) is 10.5 Å². The van der Waals surface area contributed by atoms with Crippen molar-refractivity contribution in [2.45, 2.75) is 18.6 Å². The molecule has 0 aromatic carbocycles. The molecular formula is C7H10O2S. The quantitative estimate of drug-likeness (QED) is 0.580. The van der Waals surface area contributed by atoms with Gasteiger partial charge in [0.1, 0.15) is 5.76 Å². The number of allylic oxidation sites excluding steroid dienone is 1. The van der Waals surface area contributed by atoms with Crippen molar-refractivity contribution in [2.75, 3.05) is 5.75 Å². The van der Waals surface area contributed by atoms with Crippen LogP contribution in [0, 0.1) is 0 Å². The zero-order chi connectivity index (χ0) is 7.78. The van der Waals surface area contributed by atoms with E-state index in [4.69, 9.17) is 0 Å². The minimum atomic E-state index is -0.270. The summed E-state index contributed by atoms with van der Waals surface area (Å²) < 4.78 is -0.270. The molecule has 0 aromatic rings. The van der Waals surface area contributed by atoms with Crippen LogP contribution in [0.1, 0.15) is 13.8 Å². The molecule has 0 aliphatic carbocycles. The van der Waals surface area contributed by atoms with E-state index >= 15 is 0 Å². The number of rotatable bonds is 0. The van der Waals surface area contributed by atoms with Crippen LogP contribution >= 0.6 is 11.8 Å². The third kappa shape index (κ3) is 1.34. The average molecular weight is 158 g/mol. The Balaban J connectivity index is 2.88. The zero-order valence-corrected chi connectivity index (χ0v) is 6.86. The third-order valence-corrected chi connectivity index (χ3v) is 2.85. The number of hydrogen-bond donors (Lipinski definition) is 1. The molecule has 1 heterocycles. The maximum atomic E-state index is 10.7. The second kappa shape index (κ2) is 2.31. The summed E-state index contributed by atoms with van der Waals surface area (Å²) in [5.74, 6) is 0.674.